The maximum atomic E-state index is 12.4. The fourth-order valence-corrected chi connectivity index (χ4v) is 7.08. The van der Waals surface area contributed by atoms with Crippen LogP contribution in [0.4, 0.5) is 0 Å². The number of fused-ring (bicyclic) bond motifs is 5. The van der Waals surface area contributed by atoms with Crippen molar-refractivity contribution in [3.63, 3.8) is 0 Å². The zero-order chi connectivity index (χ0) is 18.0. The molecule has 0 saturated heterocycles. The first-order valence-corrected chi connectivity index (χ1v) is 9.81. The van der Waals surface area contributed by atoms with Crippen molar-refractivity contribution < 1.29 is 19.4 Å². The molecule has 4 aliphatic rings. The van der Waals surface area contributed by atoms with Crippen molar-refractivity contribution in [2.24, 2.45) is 28.6 Å². The summed E-state index contributed by atoms with van der Waals surface area (Å²) in [5, 5.41) is 11.2. The van der Waals surface area contributed by atoms with Gasteiger partial charge in [0.05, 0.1) is 7.11 Å². The van der Waals surface area contributed by atoms with Crippen LogP contribution in [0.3, 0.4) is 0 Å². The molecule has 3 unspecified atom stereocenters. The molecule has 0 amide bonds. The third-order valence-electron chi connectivity index (χ3n) is 8.64. The zero-order valence-corrected chi connectivity index (χ0v) is 15.6. The zero-order valence-electron chi connectivity index (χ0n) is 15.6. The Morgan fingerprint density at radius 2 is 1.84 bits per heavy atom. The van der Waals surface area contributed by atoms with E-state index in [9.17, 15) is 14.7 Å². The van der Waals surface area contributed by atoms with Gasteiger partial charge in [0.25, 0.3) is 0 Å². The highest BCUT2D eigenvalue weighted by Gasteiger charge is 2.67. The van der Waals surface area contributed by atoms with Crippen molar-refractivity contribution >= 4 is 11.8 Å². The molecule has 3 fully saturated rings. The minimum atomic E-state index is -1.34. The van der Waals surface area contributed by atoms with Gasteiger partial charge in [-0.15, -0.1) is 0 Å². The number of aliphatic hydroxyl groups is 1. The summed E-state index contributed by atoms with van der Waals surface area (Å²) < 4.78 is 4.97. The number of ether oxygens (including phenoxy) is 1. The summed E-state index contributed by atoms with van der Waals surface area (Å²) in [7, 11) is 1.38. The molecule has 0 aromatic rings. The van der Waals surface area contributed by atoms with Crippen LogP contribution in [0, 0.1) is 28.6 Å². The number of hydrogen-bond donors (Lipinski definition) is 1. The normalized spacial score (nSPS) is 48.9. The molecular weight excluding hydrogens is 316 g/mol. The minimum absolute atomic E-state index is 0.129. The summed E-state index contributed by atoms with van der Waals surface area (Å²) in [5.74, 6) is 1.30. The molecule has 0 spiro atoms. The van der Waals surface area contributed by atoms with Crippen molar-refractivity contribution in [1.82, 2.24) is 0 Å². The van der Waals surface area contributed by atoms with Crippen molar-refractivity contribution in [3.05, 3.63) is 11.6 Å². The number of carbonyl (C=O) groups is 2. The van der Waals surface area contributed by atoms with E-state index in [0.717, 1.165) is 38.5 Å². The molecule has 1 N–H and O–H groups in total. The third kappa shape index (κ3) is 2.09. The fraction of sp³-hybridized carbons (Fsp3) is 0.810. The van der Waals surface area contributed by atoms with Gasteiger partial charge in [0.2, 0.25) is 0 Å². The van der Waals surface area contributed by atoms with Crippen LogP contribution < -0.4 is 0 Å². The first-order valence-electron chi connectivity index (χ1n) is 9.81. The average Bonchev–Trinajstić information content (AvgIpc) is 2.87. The van der Waals surface area contributed by atoms with Crippen LogP contribution in [0.25, 0.3) is 0 Å². The maximum Gasteiger partial charge on any atom is 0.338 e. The van der Waals surface area contributed by atoms with E-state index in [2.05, 4.69) is 13.8 Å². The highest BCUT2D eigenvalue weighted by molar-refractivity contribution is 5.91. The first-order chi connectivity index (χ1) is 11.8. The number of carbonyl (C=O) groups excluding carboxylic acids is 2. The van der Waals surface area contributed by atoms with Crippen LogP contribution in [-0.4, -0.2) is 29.6 Å². The van der Waals surface area contributed by atoms with Crippen LogP contribution in [0.1, 0.15) is 65.2 Å². The van der Waals surface area contributed by atoms with E-state index >= 15 is 0 Å². The Morgan fingerprint density at radius 3 is 2.56 bits per heavy atom. The molecule has 0 aromatic heterocycles. The Kier molecular flexibility index (Phi) is 3.74. The lowest BCUT2D eigenvalue weighted by atomic mass is 9.46. The van der Waals surface area contributed by atoms with Crippen molar-refractivity contribution in [3.8, 4) is 0 Å². The predicted octanol–water partition coefficient (Wildman–Crippen LogP) is 3.42. The van der Waals surface area contributed by atoms with Crippen molar-refractivity contribution in [2.75, 3.05) is 7.11 Å². The molecule has 0 bridgehead atoms. The molecule has 4 nitrogen and oxygen atoms in total. The van der Waals surface area contributed by atoms with E-state index in [4.69, 9.17) is 4.74 Å². The number of hydrogen-bond acceptors (Lipinski definition) is 4. The lowest BCUT2D eigenvalue weighted by molar-refractivity contribution is -0.184. The largest absolute Gasteiger partial charge is 0.467 e. The Bertz CT molecular complexity index is 652. The second-order valence-corrected chi connectivity index (χ2v) is 9.32. The van der Waals surface area contributed by atoms with E-state index in [1.165, 1.54) is 12.7 Å². The SMILES string of the molecule is COC(=O)[C@@]1(O)CCC2C3CCC4=CC(=O)CC[C@]4(C)C3CC[C@@]21C. The third-order valence-corrected chi connectivity index (χ3v) is 8.64. The summed E-state index contributed by atoms with van der Waals surface area (Å²) in [6.07, 6.45) is 8.93. The van der Waals surface area contributed by atoms with E-state index < -0.39 is 11.6 Å². The monoisotopic (exact) mass is 346 g/mol. The smallest absolute Gasteiger partial charge is 0.338 e. The topological polar surface area (TPSA) is 63.6 Å². The molecule has 0 radical (unpaired) electrons. The van der Waals surface area contributed by atoms with Crippen LogP contribution >= 0.6 is 0 Å². The van der Waals surface area contributed by atoms with Gasteiger partial charge in [0.15, 0.2) is 11.4 Å². The van der Waals surface area contributed by atoms with Gasteiger partial charge in [-0.1, -0.05) is 19.4 Å². The molecule has 0 heterocycles. The first kappa shape index (κ1) is 17.3. The van der Waals surface area contributed by atoms with Gasteiger partial charge in [0.1, 0.15) is 0 Å². The molecular formula is C21H30O4. The van der Waals surface area contributed by atoms with E-state index in [0.29, 0.717) is 30.6 Å². The summed E-state index contributed by atoms with van der Waals surface area (Å²) >= 11 is 0. The van der Waals surface area contributed by atoms with Crippen LogP contribution in [0.15, 0.2) is 11.6 Å². The van der Waals surface area contributed by atoms with Gasteiger partial charge in [0, 0.05) is 11.8 Å². The summed E-state index contributed by atoms with van der Waals surface area (Å²) in [5.41, 5.74) is -0.237. The molecule has 0 aliphatic heterocycles. The maximum absolute atomic E-state index is 12.4. The van der Waals surface area contributed by atoms with Crippen LogP contribution in [-0.2, 0) is 14.3 Å². The Morgan fingerprint density at radius 1 is 1.12 bits per heavy atom. The van der Waals surface area contributed by atoms with E-state index in [1.54, 1.807) is 0 Å². The number of esters is 1. The van der Waals surface area contributed by atoms with Gasteiger partial charge in [-0.3, -0.25) is 4.79 Å². The number of methoxy groups -OCH3 is 1. The number of ketones is 1. The van der Waals surface area contributed by atoms with Crippen molar-refractivity contribution in [2.45, 2.75) is 70.8 Å². The average molecular weight is 346 g/mol. The van der Waals surface area contributed by atoms with Gasteiger partial charge >= 0.3 is 5.97 Å². The quantitative estimate of drug-likeness (QED) is 0.739. The summed E-state index contributed by atoms with van der Waals surface area (Å²) in [6, 6.07) is 0. The standard InChI is InChI=1S/C21H30O4/c1-19-9-6-14(22)12-13(19)4-5-15-16(19)7-10-20(2)17(15)8-11-21(20,24)18(23)25-3/h12,15-17,24H,4-11H2,1-3H3/t15?,16?,17?,19-,20-,21-/m0/s1. The van der Waals surface area contributed by atoms with Gasteiger partial charge in [-0.25, -0.2) is 4.79 Å². The van der Waals surface area contributed by atoms with E-state index in [1.807, 2.05) is 6.08 Å². The second kappa shape index (κ2) is 5.42. The lowest BCUT2D eigenvalue weighted by Crippen LogP contribution is -2.57. The Balaban J connectivity index is 1.68. The van der Waals surface area contributed by atoms with E-state index in [-0.39, 0.29) is 16.6 Å². The number of rotatable bonds is 1. The molecule has 4 rings (SSSR count). The molecule has 138 valence electrons. The van der Waals surface area contributed by atoms with Crippen LogP contribution in [0.5, 0.6) is 0 Å². The Hall–Kier alpha value is -1.16. The van der Waals surface area contributed by atoms with Gasteiger partial charge < -0.3 is 9.84 Å². The highest BCUT2D eigenvalue weighted by Crippen LogP contribution is 2.67. The molecule has 6 atom stereocenters. The number of allylic oxidation sites excluding steroid dienone is 1. The minimum Gasteiger partial charge on any atom is -0.467 e. The van der Waals surface area contributed by atoms with Gasteiger partial charge in [-0.2, -0.15) is 0 Å². The molecule has 4 aliphatic carbocycles. The summed E-state index contributed by atoms with van der Waals surface area (Å²) in [4.78, 5) is 24.3. The van der Waals surface area contributed by atoms with Crippen LogP contribution in [0.2, 0.25) is 0 Å². The van der Waals surface area contributed by atoms with Gasteiger partial charge in [-0.05, 0) is 74.2 Å². The molecule has 0 aromatic carbocycles. The molecule has 4 heteroatoms. The molecule has 25 heavy (non-hydrogen) atoms. The molecule has 3 saturated carbocycles. The second-order valence-electron chi connectivity index (χ2n) is 9.32. The van der Waals surface area contributed by atoms with Crippen molar-refractivity contribution in [1.29, 1.82) is 0 Å². The lowest BCUT2D eigenvalue weighted by Gasteiger charge is -2.58. The summed E-state index contributed by atoms with van der Waals surface area (Å²) in [6.45, 7) is 4.46. The fourth-order valence-electron chi connectivity index (χ4n) is 7.08. The highest BCUT2D eigenvalue weighted by atomic mass is 16.5. The Labute approximate surface area is 150 Å². The predicted molar refractivity (Wildman–Crippen MR) is 93.7 cm³/mol.